The van der Waals surface area contributed by atoms with E-state index in [0.717, 1.165) is 10.4 Å². The molecule has 2 aromatic rings. The van der Waals surface area contributed by atoms with E-state index in [1.54, 1.807) is 19.1 Å². The summed E-state index contributed by atoms with van der Waals surface area (Å²) in [6, 6.07) is 6.47. The van der Waals surface area contributed by atoms with Crippen LogP contribution in [0.25, 0.3) is 10.9 Å². The maximum absolute atomic E-state index is 12.4. The van der Waals surface area contributed by atoms with Crippen LogP contribution >= 0.6 is 0 Å². The number of urea groups is 1. The molecule has 1 saturated heterocycles. The molecule has 7 heteroatoms. The Morgan fingerprint density at radius 3 is 2.45 bits per heavy atom. The number of ketones is 1. The van der Waals surface area contributed by atoms with E-state index >= 15 is 0 Å². The zero-order chi connectivity index (χ0) is 15.9. The number of nitrogens with one attached hydrogen (secondary N) is 1. The van der Waals surface area contributed by atoms with Crippen molar-refractivity contribution in [2.45, 2.75) is 6.92 Å². The molecule has 0 spiro atoms. The summed E-state index contributed by atoms with van der Waals surface area (Å²) in [5.41, 5.74) is 1.18. The Morgan fingerprint density at radius 1 is 1.09 bits per heavy atom. The number of Topliss-reactive ketones (excluding diaryl/α,β-unsaturated/α-hetero) is 1. The molecule has 0 aliphatic carbocycles. The summed E-state index contributed by atoms with van der Waals surface area (Å²) in [4.78, 5) is 52.3. The van der Waals surface area contributed by atoms with Crippen LogP contribution in [-0.4, -0.2) is 51.5 Å². The highest BCUT2D eigenvalue weighted by molar-refractivity contribution is 6.45. The first-order valence-corrected chi connectivity index (χ1v) is 6.81. The van der Waals surface area contributed by atoms with Crippen LogP contribution in [-0.2, 0) is 9.59 Å². The lowest BCUT2D eigenvalue weighted by Crippen LogP contribution is -2.36. The van der Waals surface area contributed by atoms with E-state index < -0.39 is 30.2 Å². The van der Waals surface area contributed by atoms with Crippen molar-refractivity contribution in [2.24, 2.45) is 0 Å². The van der Waals surface area contributed by atoms with Crippen LogP contribution < -0.4 is 0 Å². The van der Waals surface area contributed by atoms with Crippen LogP contribution in [0, 0.1) is 0 Å². The fourth-order valence-electron chi connectivity index (χ4n) is 2.50. The number of amides is 4. The van der Waals surface area contributed by atoms with E-state index in [4.69, 9.17) is 0 Å². The minimum atomic E-state index is -0.958. The van der Waals surface area contributed by atoms with Crippen molar-refractivity contribution in [2.75, 3.05) is 13.1 Å². The van der Waals surface area contributed by atoms with Gasteiger partial charge in [-0.3, -0.25) is 19.3 Å². The smallest absolute Gasteiger partial charge is 0.334 e. The molecule has 22 heavy (non-hydrogen) atoms. The molecule has 2 heterocycles. The Kier molecular flexibility index (Phi) is 3.25. The van der Waals surface area contributed by atoms with Gasteiger partial charge in [0.2, 0.25) is 0 Å². The second kappa shape index (κ2) is 5.10. The Morgan fingerprint density at radius 2 is 1.77 bits per heavy atom. The van der Waals surface area contributed by atoms with Crippen LogP contribution in [0.5, 0.6) is 0 Å². The summed E-state index contributed by atoms with van der Waals surface area (Å²) >= 11 is 0. The summed E-state index contributed by atoms with van der Waals surface area (Å²) in [5, 5.41) is 0.713. The van der Waals surface area contributed by atoms with E-state index in [1.807, 2.05) is 12.1 Å². The van der Waals surface area contributed by atoms with Gasteiger partial charge in [0.1, 0.15) is 0 Å². The zero-order valence-corrected chi connectivity index (χ0v) is 11.8. The number of fused-ring (bicyclic) bond motifs is 1. The monoisotopic (exact) mass is 299 g/mol. The van der Waals surface area contributed by atoms with Gasteiger partial charge in [-0.15, -0.1) is 0 Å². The van der Waals surface area contributed by atoms with Gasteiger partial charge in [-0.05, 0) is 13.0 Å². The van der Waals surface area contributed by atoms with Gasteiger partial charge in [-0.25, -0.2) is 9.69 Å². The van der Waals surface area contributed by atoms with E-state index in [2.05, 4.69) is 4.98 Å². The highest BCUT2D eigenvalue weighted by Gasteiger charge is 2.44. The lowest BCUT2D eigenvalue weighted by molar-refractivity contribution is -0.143. The van der Waals surface area contributed by atoms with Gasteiger partial charge in [-0.1, -0.05) is 18.2 Å². The summed E-state index contributed by atoms with van der Waals surface area (Å²) in [6.07, 6.45) is 1.54. The quantitative estimate of drug-likeness (QED) is 0.521. The van der Waals surface area contributed by atoms with Crippen molar-refractivity contribution >= 4 is 34.5 Å². The number of hydrogen-bond donors (Lipinski definition) is 1. The van der Waals surface area contributed by atoms with E-state index in [9.17, 15) is 19.2 Å². The molecule has 7 nitrogen and oxygen atoms in total. The van der Waals surface area contributed by atoms with E-state index in [1.165, 1.54) is 6.20 Å². The molecule has 1 aromatic heterocycles. The molecular formula is C15H13N3O4. The Labute approximate surface area is 125 Å². The third-order valence-corrected chi connectivity index (χ3v) is 3.64. The van der Waals surface area contributed by atoms with Gasteiger partial charge in [0.25, 0.3) is 0 Å². The number of rotatable bonds is 4. The normalized spacial score (nSPS) is 15.2. The molecule has 112 valence electrons. The summed E-state index contributed by atoms with van der Waals surface area (Å²) in [5.74, 6) is -2.25. The van der Waals surface area contributed by atoms with Crippen LogP contribution in [0.15, 0.2) is 30.5 Å². The number of benzene rings is 1. The van der Waals surface area contributed by atoms with E-state index in [-0.39, 0.29) is 6.54 Å². The Hall–Kier alpha value is -2.96. The van der Waals surface area contributed by atoms with Gasteiger partial charge in [0, 0.05) is 29.2 Å². The molecule has 1 N–H and O–H groups in total. The molecule has 3 rings (SSSR count). The highest BCUT2D eigenvalue weighted by atomic mass is 16.2. The number of para-hydroxylation sites is 1. The van der Waals surface area contributed by atoms with Crippen molar-refractivity contribution in [1.82, 2.24) is 14.8 Å². The average molecular weight is 299 g/mol. The standard InChI is InChI=1S/C15H13N3O4/c1-2-17-13(20)14(21)18(15(17)22)8-12(19)10-7-16-11-6-4-3-5-9(10)11/h3-7,16H,2,8H2,1H3. The first-order chi connectivity index (χ1) is 10.5. The lowest BCUT2D eigenvalue weighted by atomic mass is 10.1. The SMILES string of the molecule is CCN1C(=O)C(=O)N(CC(=O)c2c[nH]c3ccccc23)C1=O. The van der Waals surface area contributed by atoms with Crippen molar-refractivity contribution in [3.8, 4) is 0 Å². The van der Waals surface area contributed by atoms with Crippen molar-refractivity contribution in [3.63, 3.8) is 0 Å². The number of aromatic amines is 1. The molecule has 4 amide bonds. The molecular weight excluding hydrogens is 286 g/mol. The number of hydrogen-bond acceptors (Lipinski definition) is 4. The number of H-pyrrole nitrogens is 1. The Balaban J connectivity index is 1.87. The minimum absolute atomic E-state index is 0.0984. The zero-order valence-electron chi connectivity index (χ0n) is 11.8. The molecule has 1 aliphatic rings. The number of aromatic nitrogens is 1. The van der Waals surface area contributed by atoms with Crippen molar-refractivity contribution < 1.29 is 19.2 Å². The largest absolute Gasteiger partial charge is 0.360 e. The van der Waals surface area contributed by atoms with Gasteiger partial charge in [-0.2, -0.15) is 0 Å². The number of carbonyl (C=O) groups excluding carboxylic acids is 4. The van der Waals surface area contributed by atoms with Crippen LogP contribution in [0.1, 0.15) is 17.3 Å². The minimum Gasteiger partial charge on any atom is -0.360 e. The average Bonchev–Trinajstić information content (AvgIpc) is 3.03. The molecule has 0 bridgehead atoms. The predicted molar refractivity (Wildman–Crippen MR) is 77.1 cm³/mol. The van der Waals surface area contributed by atoms with E-state index in [0.29, 0.717) is 15.8 Å². The second-order valence-electron chi connectivity index (χ2n) is 4.89. The van der Waals surface area contributed by atoms with Gasteiger partial charge < -0.3 is 4.98 Å². The van der Waals surface area contributed by atoms with Crippen molar-refractivity contribution in [1.29, 1.82) is 0 Å². The first-order valence-electron chi connectivity index (χ1n) is 6.81. The molecule has 1 aromatic carbocycles. The molecule has 0 radical (unpaired) electrons. The first kappa shape index (κ1) is 14.0. The summed E-state index contributed by atoms with van der Waals surface area (Å²) in [6.45, 7) is 1.25. The van der Waals surface area contributed by atoms with Gasteiger partial charge >= 0.3 is 17.8 Å². The fraction of sp³-hybridized carbons (Fsp3) is 0.200. The molecule has 0 unspecified atom stereocenters. The summed E-state index contributed by atoms with van der Waals surface area (Å²) in [7, 11) is 0. The molecule has 0 saturated carbocycles. The molecule has 0 atom stereocenters. The maximum atomic E-state index is 12.4. The predicted octanol–water partition coefficient (Wildman–Crippen LogP) is 1.16. The van der Waals surface area contributed by atoms with Crippen molar-refractivity contribution in [3.05, 3.63) is 36.0 Å². The summed E-state index contributed by atoms with van der Waals surface area (Å²) < 4.78 is 0. The second-order valence-corrected chi connectivity index (χ2v) is 4.89. The van der Waals surface area contributed by atoms with Gasteiger partial charge in [0.05, 0.1) is 6.54 Å². The fourth-order valence-corrected chi connectivity index (χ4v) is 2.50. The molecule has 1 aliphatic heterocycles. The number of likely N-dealkylation sites (N-methyl/N-ethyl adjacent to an activating group) is 1. The number of nitrogens with zero attached hydrogens (tertiary/aromatic N) is 2. The maximum Gasteiger partial charge on any atom is 0.334 e. The van der Waals surface area contributed by atoms with Crippen LogP contribution in [0.3, 0.4) is 0 Å². The number of imide groups is 2. The lowest BCUT2D eigenvalue weighted by Gasteiger charge is -2.12. The Bertz CT molecular complexity index is 808. The third kappa shape index (κ3) is 1.98. The molecule has 1 fully saturated rings. The van der Waals surface area contributed by atoms with Gasteiger partial charge in [0.15, 0.2) is 5.78 Å². The topological polar surface area (TPSA) is 90.6 Å². The number of carbonyl (C=O) groups is 4. The highest BCUT2D eigenvalue weighted by Crippen LogP contribution is 2.20. The van der Waals surface area contributed by atoms with Crippen LogP contribution in [0.4, 0.5) is 4.79 Å². The third-order valence-electron chi connectivity index (χ3n) is 3.64. The van der Waals surface area contributed by atoms with Crippen LogP contribution in [0.2, 0.25) is 0 Å².